The lowest BCUT2D eigenvalue weighted by Gasteiger charge is -2.04. The Morgan fingerprint density at radius 1 is 0.538 bits per heavy atom. The van der Waals surface area contributed by atoms with Crippen molar-refractivity contribution in [2.24, 2.45) is 16.5 Å². The number of nitrogens with two attached hydrogens (primary N) is 2. The van der Waals surface area contributed by atoms with Crippen LogP contribution in [0.5, 0.6) is 0 Å². The van der Waals surface area contributed by atoms with Gasteiger partial charge in [0.1, 0.15) is 6.61 Å². The predicted molar refractivity (Wildman–Crippen MR) is 200 cm³/mol. The maximum atomic E-state index is 10.7. The SMILES string of the molecule is COC(=O)NCCCCCCNC(=O)OC.COC(=O)NCCCCCCNC(=O)OC.N#COCCCCCCN=C=O.NCCCCCCN.[2HH]. The molecule has 0 atom stereocenters. The fraction of sp³-hybridized carbons (Fsp3) is 0.824. The molecule has 0 saturated carbocycles. The molecule has 0 spiro atoms. The van der Waals surface area contributed by atoms with Crippen molar-refractivity contribution in [3.05, 3.63) is 0 Å². The lowest BCUT2D eigenvalue weighted by Crippen LogP contribution is -2.24. The number of hydrogen-bond acceptors (Lipinski definition) is 14. The molecular formula is C34H70N8O10. The zero-order chi connectivity index (χ0) is 39.8. The van der Waals surface area contributed by atoms with E-state index in [-0.39, 0.29) is 1.43 Å². The number of aliphatic imine (C=N–C) groups is 1. The van der Waals surface area contributed by atoms with E-state index in [0.717, 1.165) is 103 Å². The Bertz CT molecular complexity index is 817. The summed E-state index contributed by atoms with van der Waals surface area (Å²) in [4.78, 5) is 55.7. The van der Waals surface area contributed by atoms with Gasteiger partial charge in [-0.25, -0.2) is 29.0 Å². The molecule has 0 aliphatic heterocycles. The number of rotatable bonds is 26. The second kappa shape index (κ2) is 51.0. The van der Waals surface area contributed by atoms with Crippen molar-refractivity contribution in [3.8, 4) is 6.26 Å². The standard InChI is InChI=1S/2C10H20N2O4.C8H12N2O2.C6H16N2.H2/c2*1-15-9(13)11-7-5-3-4-6-8-12-10(14)16-2;9-7-12-6-4-2-1-3-5-10-8-11;7-5-3-1-2-4-6-8;/h2*3-8H2,1-2H3,(H,11,13)(H,12,14);1-6H2;1-8H2;1H/i;;;;1+1. The van der Waals surface area contributed by atoms with Gasteiger partial charge in [-0.15, -0.1) is 0 Å². The number of alkyl carbamates (subject to hydrolysis) is 4. The van der Waals surface area contributed by atoms with E-state index in [1.54, 1.807) is 6.26 Å². The summed E-state index contributed by atoms with van der Waals surface area (Å²) in [5.41, 5.74) is 10.6. The molecule has 0 radical (unpaired) electrons. The van der Waals surface area contributed by atoms with Crippen LogP contribution in [0.2, 0.25) is 0 Å². The molecule has 0 saturated heterocycles. The van der Waals surface area contributed by atoms with E-state index < -0.39 is 24.4 Å². The molecule has 0 aromatic carbocycles. The molecule has 4 amide bonds. The van der Waals surface area contributed by atoms with E-state index >= 15 is 0 Å². The van der Waals surface area contributed by atoms with Crippen molar-refractivity contribution >= 4 is 30.5 Å². The Morgan fingerprint density at radius 3 is 1.13 bits per heavy atom. The van der Waals surface area contributed by atoms with Crippen LogP contribution in [0.1, 0.15) is 104 Å². The number of nitrogens with zero attached hydrogens (tertiary/aromatic N) is 2. The van der Waals surface area contributed by atoms with Gasteiger partial charge >= 0.3 is 24.4 Å². The number of ether oxygens (including phenoxy) is 5. The van der Waals surface area contributed by atoms with Gasteiger partial charge in [0.15, 0.2) is 0 Å². The normalized spacial score (nSPS) is 9.17. The molecule has 0 unspecified atom stereocenters. The topological polar surface area (TPSA) is 268 Å². The highest BCUT2D eigenvalue weighted by Gasteiger charge is 1.99. The van der Waals surface area contributed by atoms with Gasteiger partial charge in [0.2, 0.25) is 6.08 Å². The van der Waals surface area contributed by atoms with Crippen LogP contribution in [0, 0.1) is 11.5 Å². The average Bonchev–Trinajstić information content (AvgIpc) is 3.16. The molecule has 0 rings (SSSR count). The molecule has 0 aliphatic carbocycles. The largest absolute Gasteiger partial charge is 0.453 e. The third-order valence-corrected chi connectivity index (χ3v) is 6.58. The van der Waals surface area contributed by atoms with Crippen LogP contribution in [0.25, 0.3) is 0 Å². The van der Waals surface area contributed by atoms with E-state index in [0.29, 0.717) is 39.3 Å². The fourth-order valence-corrected chi connectivity index (χ4v) is 3.71. The number of amides is 4. The van der Waals surface area contributed by atoms with E-state index in [1.807, 2.05) is 0 Å². The van der Waals surface area contributed by atoms with Gasteiger partial charge in [0.25, 0.3) is 6.26 Å². The van der Waals surface area contributed by atoms with Crippen molar-refractivity contribution < 1.29 is 49.1 Å². The highest BCUT2D eigenvalue weighted by molar-refractivity contribution is 5.67. The van der Waals surface area contributed by atoms with Gasteiger partial charge in [0.05, 0.1) is 35.0 Å². The maximum absolute atomic E-state index is 10.7. The molecule has 306 valence electrons. The number of isocyanates is 1. The second-order valence-electron chi connectivity index (χ2n) is 10.8. The Hall–Kier alpha value is -4.33. The maximum Gasteiger partial charge on any atom is 0.406 e. The van der Waals surface area contributed by atoms with Gasteiger partial charge < -0.3 is 56.4 Å². The summed E-state index contributed by atoms with van der Waals surface area (Å²) in [7, 11) is 5.36. The molecule has 0 bridgehead atoms. The van der Waals surface area contributed by atoms with E-state index in [1.165, 1.54) is 47.4 Å². The average molecular weight is 752 g/mol. The van der Waals surface area contributed by atoms with Gasteiger partial charge in [-0.1, -0.05) is 44.9 Å². The van der Waals surface area contributed by atoms with E-state index in [2.05, 4.69) is 49.9 Å². The van der Waals surface area contributed by atoms with Crippen molar-refractivity contribution in [2.45, 2.75) is 103 Å². The van der Waals surface area contributed by atoms with Crippen molar-refractivity contribution in [2.75, 3.05) is 80.9 Å². The Kier molecular flexibility index (Phi) is 53.4. The van der Waals surface area contributed by atoms with Crippen LogP contribution in [-0.2, 0) is 28.5 Å². The summed E-state index contributed by atoms with van der Waals surface area (Å²) in [5.74, 6) is 0. The number of carbonyl (C=O) groups excluding carboxylic acids is 5. The molecule has 0 aliphatic rings. The lowest BCUT2D eigenvalue weighted by molar-refractivity contribution is 0.169. The molecule has 0 aromatic rings. The Balaban J connectivity index is -0.000000198. The summed E-state index contributed by atoms with van der Waals surface area (Å²) >= 11 is 0. The first-order chi connectivity index (χ1) is 25.2. The zero-order valence-electron chi connectivity index (χ0n) is 32.1. The predicted octanol–water partition coefficient (Wildman–Crippen LogP) is 4.61. The van der Waals surface area contributed by atoms with Gasteiger partial charge in [0, 0.05) is 27.6 Å². The summed E-state index contributed by atoms with van der Waals surface area (Å²) in [6, 6.07) is 0. The Morgan fingerprint density at radius 2 is 0.846 bits per heavy atom. The minimum atomic E-state index is -0.396. The smallest absolute Gasteiger partial charge is 0.406 e. The molecule has 18 heteroatoms. The molecule has 0 heterocycles. The van der Waals surface area contributed by atoms with Crippen molar-refractivity contribution in [1.82, 2.24) is 21.3 Å². The third-order valence-electron chi connectivity index (χ3n) is 6.58. The molecule has 18 nitrogen and oxygen atoms in total. The summed E-state index contributed by atoms with van der Waals surface area (Å²) in [6.07, 6.45) is 17.8. The molecule has 0 fully saturated rings. The third kappa shape index (κ3) is 57.9. The van der Waals surface area contributed by atoms with Gasteiger partial charge in [-0.05, 0) is 70.9 Å². The molecule has 52 heavy (non-hydrogen) atoms. The minimum Gasteiger partial charge on any atom is -0.453 e. The first kappa shape index (κ1) is 54.4. The van der Waals surface area contributed by atoms with Crippen molar-refractivity contribution in [1.29, 1.82) is 5.26 Å². The van der Waals surface area contributed by atoms with Gasteiger partial charge in [-0.2, -0.15) is 5.26 Å². The van der Waals surface area contributed by atoms with E-state index in [9.17, 15) is 24.0 Å². The molecular weight excluding hydrogens is 680 g/mol. The number of carbonyl (C=O) groups is 4. The quantitative estimate of drug-likeness (QED) is 0.0232. The first-order valence-electron chi connectivity index (χ1n) is 18.0. The first-order valence-corrected chi connectivity index (χ1v) is 18.0. The van der Waals surface area contributed by atoms with Crippen LogP contribution in [0.3, 0.4) is 0 Å². The summed E-state index contributed by atoms with van der Waals surface area (Å²) in [6.45, 7) is 5.19. The number of unbranched alkanes of at least 4 members (excludes halogenated alkanes) is 12. The summed E-state index contributed by atoms with van der Waals surface area (Å²) < 4.78 is 22.2. The monoisotopic (exact) mass is 752 g/mol. The van der Waals surface area contributed by atoms with Crippen LogP contribution in [0.4, 0.5) is 19.2 Å². The van der Waals surface area contributed by atoms with E-state index in [4.69, 9.17) is 16.7 Å². The van der Waals surface area contributed by atoms with Gasteiger partial charge in [-0.3, -0.25) is 0 Å². The Labute approximate surface area is 312 Å². The van der Waals surface area contributed by atoms with Crippen LogP contribution in [-0.4, -0.2) is 111 Å². The van der Waals surface area contributed by atoms with Crippen molar-refractivity contribution in [3.63, 3.8) is 0 Å². The zero-order valence-corrected chi connectivity index (χ0v) is 32.1. The minimum absolute atomic E-state index is 0. The number of nitrogens with one attached hydrogen (secondary N) is 4. The number of methoxy groups -OCH3 is 4. The molecule has 8 N–H and O–H groups in total. The lowest BCUT2D eigenvalue weighted by atomic mass is 10.2. The highest BCUT2D eigenvalue weighted by Crippen LogP contribution is 2.00. The number of nitriles is 1. The highest BCUT2D eigenvalue weighted by atomic mass is 16.5. The molecule has 0 aromatic heterocycles. The van der Waals surface area contributed by atoms with Crippen LogP contribution < -0.4 is 32.7 Å². The number of hydrogen-bond donors (Lipinski definition) is 6. The fourth-order valence-electron chi connectivity index (χ4n) is 3.71. The second-order valence-corrected chi connectivity index (χ2v) is 10.8. The van der Waals surface area contributed by atoms with Crippen LogP contribution in [0.15, 0.2) is 4.99 Å². The van der Waals surface area contributed by atoms with Crippen LogP contribution >= 0.6 is 0 Å². The summed E-state index contributed by atoms with van der Waals surface area (Å²) in [5, 5.41) is 18.4.